The Bertz CT molecular complexity index is 830. The monoisotopic (exact) mass is 374 g/mol. The highest BCUT2D eigenvalue weighted by molar-refractivity contribution is 7.88. The van der Waals surface area contributed by atoms with Crippen molar-refractivity contribution in [1.82, 2.24) is 9.62 Å². The van der Waals surface area contributed by atoms with Gasteiger partial charge in [0.05, 0.1) is 19.0 Å². The van der Waals surface area contributed by atoms with Gasteiger partial charge in [-0.1, -0.05) is 42.5 Å². The third-order valence-electron chi connectivity index (χ3n) is 4.22. The van der Waals surface area contributed by atoms with E-state index in [1.54, 1.807) is 24.3 Å². The summed E-state index contributed by atoms with van der Waals surface area (Å²) in [7, 11) is -3.36. The first-order valence-corrected chi connectivity index (χ1v) is 10.1. The van der Waals surface area contributed by atoms with E-state index in [1.807, 2.05) is 30.3 Å². The first-order valence-electron chi connectivity index (χ1n) is 8.51. The number of benzene rings is 2. The molecular weight excluding hydrogens is 352 g/mol. The molecule has 0 atom stereocenters. The summed E-state index contributed by atoms with van der Waals surface area (Å²) in [4.78, 5) is 12.2. The van der Waals surface area contributed by atoms with Crippen LogP contribution in [0.4, 0.5) is 0 Å². The predicted molar refractivity (Wildman–Crippen MR) is 99.1 cm³/mol. The normalized spacial score (nSPS) is 15.5. The van der Waals surface area contributed by atoms with E-state index in [-0.39, 0.29) is 11.7 Å². The third-order valence-corrected chi connectivity index (χ3v) is 6.07. The number of amides is 1. The summed E-state index contributed by atoms with van der Waals surface area (Å²) in [5.41, 5.74) is 2.19. The van der Waals surface area contributed by atoms with Crippen molar-refractivity contribution in [1.29, 1.82) is 0 Å². The van der Waals surface area contributed by atoms with Gasteiger partial charge in [0, 0.05) is 25.2 Å². The Hall–Kier alpha value is -2.22. The molecule has 2 aromatic carbocycles. The standard InChI is InChI=1S/C19H22N2O4S/c22-19(20-14-16-4-2-1-3-5-16)18-8-6-17(7-9-18)15-26(23,24)21-10-12-25-13-11-21/h1-9H,10-15H2,(H,20,22). The molecular formula is C19H22N2O4S. The second-order valence-electron chi connectivity index (χ2n) is 6.13. The number of ether oxygens (including phenoxy) is 1. The smallest absolute Gasteiger partial charge is 0.251 e. The molecule has 138 valence electrons. The maximum absolute atomic E-state index is 12.4. The number of rotatable bonds is 6. The van der Waals surface area contributed by atoms with E-state index in [1.165, 1.54) is 4.31 Å². The molecule has 0 aliphatic carbocycles. The quantitative estimate of drug-likeness (QED) is 0.836. The van der Waals surface area contributed by atoms with Crippen molar-refractivity contribution in [2.75, 3.05) is 26.3 Å². The lowest BCUT2D eigenvalue weighted by Gasteiger charge is -2.26. The largest absolute Gasteiger partial charge is 0.379 e. The molecule has 7 heteroatoms. The molecule has 1 aliphatic heterocycles. The lowest BCUT2D eigenvalue weighted by molar-refractivity contribution is 0.0729. The minimum Gasteiger partial charge on any atom is -0.379 e. The zero-order valence-electron chi connectivity index (χ0n) is 14.4. The Balaban J connectivity index is 1.58. The number of hydrogen-bond acceptors (Lipinski definition) is 4. The van der Waals surface area contributed by atoms with Gasteiger partial charge in [-0.2, -0.15) is 4.31 Å². The van der Waals surface area contributed by atoms with Crippen LogP contribution in [0.25, 0.3) is 0 Å². The average Bonchev–Trinajstić information content (AvgIpc) is 2.68. The van der Waals surface area contributed by atoms with Crippen molar-refractivity contribution in [2.45, 2.75) is 12.3 Å². The molecule has 1 aliphatic rings. The first-order chi connectivity index (χ1) is 12.5. The van der Waals surface area contributed by atoms with Crippen molar-refractivity contribution < 1.29 is 17.9 Å². The molecule has 0 saturated carbocycles. The number of nitrogens with zero attached hydrogens (tertiary/aromatic N) is 1. The van der Waals surface area contributed by atoms with E-state index in [9.17, 15) is 13.2 Å². The second-order valence-corrected chi connectivity index (χ2v) is 8.10. The summed E-state index contributed by atoms with van der Waals surface area (Å²) in [5, 5.41) is 2.86. The minimum absolute atomic E-state index is 0.0705. The topological polar surface area (TPSA) is 75.7 Å². The number of carbonyl (C=O) groups excluding carboxylic acids is 1. The van der Waals surface area contributed by atoms with Gasteiger partial charge in [0.15, 0.2) is 0 Å². The second kappa shape index (κ2) is 8.44. The number of hydrogen-bond donors (Lipinski definition) is 1. The minimum atomic E-state index is -3.36. The maximum Gasteiger partial charge on any atom is 0.251 e. The third kappa shape index (κ3) is 4.91. The van der Waals surface area contributed by atoms with Gasteiger partial charge in [-0.25, -0.2) is 8.42 Å². The fraction of sp³-hybridized carbons (Fsp3) is 0.316. The molecule has 1 fully saturated rings. The van der Waals surface area contributed by atoms with Gasteiger partial charge < -0.3 is 10.1 Å². The molecule has 1 saturated heterocycles. The zero-order chi connectivity index (χ0) is 18.4. The number of sulfonamides is 1. The number of nitrogens with one attached hydrogen (secondary N) is 1. The van der Waals surface area contributed by atoms with Gasteiger partial charge in [-0.05, 0) is 23.3 Å². The van der Waals surface area contributed by atoms with E-state index in [4.69, 9.17) is 4.74 Å². The van der Waals surface area contributed by atoms with E-state index in [2.05, 4.69) is 5.32 Å². The molecule has 2 aromatic rings. The van der Waals surface area contributed by atoms with Crippen LogP contribution in [0.5, 0.6) is 0 Å². The summed E-state index contributed by atoms with van der Waals surface area (Å²) < 4.78 is 31.5. The predicted octanol–water partition coefficient (Wildman–Crippen LogP) is 1.78. The molecule has 6 nitrogen and oxygen atoms in total. The first kappa shape index (κ1) is 18.6. The van der Waals surface area contributed by atoms with Gasteiger partial charge in [0.2, 0.25) is 10.0 Å². The van der Waals surface area contributed by atoms with Gasteiger partial charge in [0.1, 0.15) is 0 Å². The fourth-order valence-corrected chi connectivity index (χ4v) is 4.26. The molecule has 0 bridgehead atoms. The Kier molecular flexibility index (Phi) is 6.03. The van der Waals surface area contributed by atoms with Crippen LogP contribution >= 0.6 is 0 Å². The van der Waals surface area contributed by atoms with E-state index < -0.39 is 10.0 Å². The fourth-order valence-electron chi connectivity index (χ4n) is 2.76. The van der Waals surface area contributed by atoms with Gasteiger partial charge in [0.25, 0.3) is 5.91 Å². The molecule has 0 unspecified atom stereocenters. The summed E-state index contributed by atoms with van der Waals surface area (Å²) in [6, 6.07) is 16.4. The molecule has 3 rings (SSSR count). The average molecular weight is 374 g/mol. The molecule has 0 spiro atoms. The summed E-state index contributed by atoms with van der Waals surface area (Å²) in [6.07, 6.45) is 0. The highest BCUT2D eigenvalue weighted by Crippen LogP contribution is 2.14. The maximum atomic E-state index is 12.4. The van der Waals surface area contributed by atoms with Gasteiger partial charge >= 0.3 is 0 Å². The highest BCUT2D eigenvalue weighted by atomic mass is 32.2. The van der Waals surface area contributed by atoms with Crippen molar-refractivity contribution in [3.63, 3.8) is 0 Å². The summed E-state index contributed by atoms with van der Waals surface area (Å²) in [5.74, 6) is -0.254. The van der Waals surface area contributed by atoms with Crippen molar-refractivity contribution in [3.05, 3.63) is 71.3 Å². The Labute approximate surface area is 153 Å². The van der Waals surface area contributed by atoms with Crippen LogP contribution in [0.3, 0.4) is 0 Å². The van der Waals surface area contributed by atoms with Crippen LogP contribution in [0.2, 0.25) is 0 Å². The lowest BCUT2D eigenvalue weighted by atomic mass is 10.1. The van der Waals surface area contributed by atoms with Crippen molar-refractivity contribution >= 4 is 15.9 Å². The van der Waals surface area contributed by atoms with Crippen molar-refractivity contribution in [2.24, 2.45) is 0 Å². The zero-order valence-corrected chi connectivity index (χ0v) is 15.2. The van der Waals surface area contributed by atoms with Gasteiger partial charge in [-0.3, -0.25) is 4.79 Å². The van der Waals surface area contributed by atoms with E-state index in [0.717, 1.165) is 5.56 Å². The van der Waals surface area contributed by atoms with Crippen molar-refractivity contribution in [3.8, 4) is 0 Å². The lowest BCUT2D eigenvalue weighted by Crippen LogP contribution is -2.41. The number of morpholine rings is 1. The molecule has 0 aromatic heterocycles. The van der Waals surface area contributed by atoms with Crippen LogP contribution in [0, 0.1) is 0 Å². The number of carbonyl (C=O) groups is 1. The highest BCUT2D eigenvalue weighted by Gasteiger charge is 2.24. The summed E-state index contributed by atoms with van der Waals surface area (Å²) in [6.45, 7) is 2.09. The van der Waals surface area contributed by atoms with Crippen LogP contribution in [-0.4, -0.2) is 44.9 Å². The molecule has 1 amide bonds. The molecule has 1 N–H and O–H groups in total. The Morgan fingerprint density at radius 1 is 0.962 bits per heavy atom. The Morgan fingerprint density at radius 3 is 2.27 bits per heavy atom. The Morgan fingerprint density at radius 2 is 1.62 bits per heavy atom. The van der Waals surface area contributed by atoms with Crippen LogP contribution in [-0.2, 0) is 27.1 Å². The van der Waals surface area contributed by atoms with E-state index in [0.29, 0.717) is 44.0 Å². The molecule has 1 heterocycles. The van der Waals surface area contributed by atoms with Crippen LogP contribution in [0.1, 0.15) is 21.5 Å². The van der Waals surface area contributed by atoms with Gasteiger partial charge in [-0.15, -0.1) is 0 Å². The molecule has 0 radical (unpaired) electrons. The molecule has 26 heavy (non-hydrogen) atoms. The van der Waals surface area contributed by atoms with Crippen LogP contribution in [0.15, 0.2) is 54.6 Å². The van der Waals surface area contributed by atoms with E-state index >= 15 is 0 Å². The SMILES string of the molecule is O=C(NCc1ccccc1)c1ccc(CS(=O)(=O)N2CCOCC2)cc1. The van der Waals surface area contributed by atoms with Crippen LogP contribution < -0.4 is 5.32 Å². The summed E-state index contributed by atoms with van der Waals surface area (Å²) >= 11 is 0.